The number of unbranched alkanes of at least 4 members (excludes halogenated alkanes) is 5. The van der Waals surface area contributed by atoms with Gasteiger partial charge in [0.15, 0.2) is 5.12 Å². The standard InChI is InChI=1S/C14H24ClNO2S/c1-2-3-4-5-6-7-11-16-13(17)9-12-19-14(18)8-10-15/h9,12H,2-8,10-11H2,1H3,(H,16,17). The number of hydrogen-bond donors (Lipinski definition) is 1. The van der Waals surface area contributed by atoms with Crippen LogP contribution in [0.3, 0.4) is 0 Å². The Kier molecular flexibility index (Phi) is 13.6. The smallest absolute Gasteiger partial charge is 0.244 e. The average Bonchev–Trinajstić information content (AvgIpc) is 2.38. The first-order valence-corrected chi connectivity index (χ1v) is 8.32. The molecule has 3 nitrogen and oxygen atoms in total. The van der Waals surface area contributed by atoms with Gasteiger partial charge >= 0.3 is 0 Å². The first-order valence-electron chi connectivity index (χ1n) is 6.90. The van der Waals surface area contributed by atoms with Crippen LogP contribution in [0.15, 0.2) is 11.5 Å². The van der Waals surface area contributed by atoms with Gasteiger partial charge in [-0.3, -0.25) is 9.59 Å². The zero-order valence-corrected chi connectivity index (χ0v) is 13.2. The molecule has 0 bridgehead atoms. The van der Waals surface area contributed by atoms with Crippen molar-refractivity contribution in [3.63, 3.8) is 0 Å². The quantitative estimate of drug-likeness (QED) is 0.358. The van der Waals surface area contributed by atoms with Crippen LogP contribution in [0.2, 0.25) is 0 Å². The van der Waals surface area contributed by atoms with Crippen molar-refractivity contribution >= 4 is 34.4 Å². The van der Waals surface area contributed by atoms with Crippen molar-refractivity contribution in [1.82, 2.24) is 5.32 Å². The summed E-state index contributed by atoms with van der Waals surface area (Å²) in [6.07, 6.45) is 8.97. The Hall–Kier alpha value is -0.480. The minimum Gasteiger partial charge on any atom is -0.353 e. The van der Waals surface area contributed by atoms with Crippen molar-refractivity contribution in [3.05, 3.63) is 11.5 Å². The van der Waals surface area contributed by atoms with E-state index in [4.69, 9.17) is 11.6 Å². The molecule has 0 aromatic carbocycles. The monoisotopic (exact) mass is 305 g/mol. The van der Waals surface area contributed by atoms with Gasteiger partial charge < -0.3 is 5.32 Å². The van der Waals surface area contributed by atoms with Crippen LogP contribution in [0.25, 0.3) is 0 Å². The molecular weight excluding hydrogens is 282 g/mol. The van der Waals surface area contributed by atoms with E-state index < -0.39 is 0 Å². The van der Waals surface area contributed by atoms with Gasteiger partial charge in [-0.2, -0.15) is 0 Å². The molecule has 0 fully saturated rings. The third-order valence-corrected chi connectivity index (χ3v) is 3.48. The number of carbonyl (C=O) groups excluding carboxylic acids is 2. The summed E-state index contributed by atoms with van der Waals surface area (Å²) in [6, 6.07) is 0. The predicted octanol–water partition coefficient (Wildman–Crippen LogP) is 3.87. The lowest BCUT2D eigenvalue weighted by Gasteiger charge is -2.02. The maximum atomic E-state index is 11.4. The van der Waals surface area contributed by atoms with Crippen LogP contribution < -0.4 is 5.32 Å². The normalized spacial score (nSPS) is 10.8. The van der Waals surface area contributed by atoms with E-state index in [1.165, 1.54) is 37.2 Å². The van der Waals surface area contributed by atoms with Gasteiger partial charge in [-0.25, -0.2) is 0 Å². The summed E-state index contributed by atoms with van der Waals surface area (Å²) < 4.78 is 0. The summed E-state index contributed by atoms with van der Waals surface area (Å²) in [4.78, 5) is 22.5. The van der Waals surface area contributed by atoms with Crippen molar-refractivity contribution in [2.75, 3.05) is 12.4 Å². The van der Waals surface area contributed by atoms with E-state index >= 15 is 0 Å². The fraction of sp³-hybridized carbons (Fsp3) is 0.714. The molecule has 0 saturated carbocycles. The van der Waals surface area contributed by atoms with E-state index in [0.717, 1.165) is 24.6 Å². The second kappa shape index (κ2) is 13.9. The highest BCUT2D eigenvalue weighted by molar-refractivity contribution is 8.16. The topological polar surface area (TPSA) is 46.2 Å². The molecule has 0 spiro atoms. The Balaban J connectivity index is 3.43. The van der Waals surface area contributed by atoms with Gasteiger partial charge in [0.2, 0.25) is 5.91 Å². The molecule has 0 saturated heterocycles. The first kappa shape index (κ1) is 18.5. The van der Waals surface area contributed by atoms with E-state index in [2.05, 4.69) is 12.2 Å². The third kappa shape index (κ3) is 13.7. The van der Waals surface area contributed by atoms with Crippen molar-refractivity contribution in [2.24, 2.45) is 0 Å². The van der Waals surface area contributed by atoms with Crippen LogP contribution >= 0.6 is 23.4 Å². The molecule has 0 radical (unpaired) electrons. The lowest BCUT2D eigenvalue weighted by molar-refractivity contribution is -0.116. The maximum Gasteiger partial charge on any atom is 0.244 e. The number of alkyl halides is 1. The molecule has 0 aromatic heterocycles. The lowest BCUT2D eigenvalue weighted by atomic mass is 10.1. The average molecular weight is 306 g/mol. The van der Waals surface area contributed by atoms with Crippen LogP contribution in [0, 0.1) is 0 Å². The summed E-state index contributed by atoms with van der Waals surface area (Å²) in [6.45, 7) is 2.90. The molecule has 1 amide bonds. The number of carbonyl (C=O) groups is 2. The predicted molar refractivity (Wildman–Crippen MR) is 83.5 cm³/mol. The van der Waals surface area contributed by atoms with Gasteiger partial charge in [-0.1, -0.05) is 50.8 Å². The highest BCUT2D eigenvalue weighted by atomic mass is 35.5. The summed E-state index contributed by atoms with van der Waals surface area (Å²) >= 11 is 6.45. The van der Waals surface area contributed by atoms with E-state index in [1.54, 1.807) is 0 Å². The largest absolute Gasteiger partial charge is 0.353 e. The summed E-state index contributed by atoms with van der Waals surface area (Å²) in [7, 11) is 0. The Morgan fingerprint density at radius 2 is 1.84 bits per heavy atom. The van der Waals surface area contributed by atoms with Crippen molar-refractivity contribution in [1.29, 1.82) is 0 Å². The van der Waals surface area contributed by atoms with Gasteiger partial charge in [-0.05, 0) is 11.8 Å². The Labute approximate surface area is 125 Å². The molecule has 0 unspecified atom stereocenters. The van der Waals surface area contributed by atoms with Crippen LogP contribution in [0.1, 0.15) is 51.9 Å². The van der Waals surface area contributed by atoms with Crippen LogP contribution in [0.4, 0.5) is 0 Å². The number of hydrogen-bond acceptors (Lipinski definition) is 3. The summed E-state index contributed by atoms with van der Waals surface area (Å²) in [5.41, 5.74) is 0. The highest BCUT2D eigenvalue weighted by Crippen LogP contribution is 2.07. The molecule has 5 heteroatoms. The molecule has 0 atom stereocenters. The number of amides is 1. The number of thioether (sulfide) groups is 1. The van der Waals surface area contributed by atoms with Crippen LogP contribution in [-0.4, -0.2) is 23.4 Å². The maximum absolute atomic E-state index is 11.4. The number of halogens is 1. The molecule has 0 heterocycles. The summed E-state index contributed by atoms with van der Waals surface area (Å²) in [5, 5.41) is 4.30. The minimum absolute atomic E-state index is 0.0185. The van der Waals surface area contributed by atoms with Crippen LogP contribution in [0.5, 0.6) is 0 Å². The molecule has 1 N–H and O–H groups in total. The first-order chi connectivity index (χ1) is 9.20. The molecule has 19 heavy (non-hydrogen) atoms. The molecule has 110 valence electrons. The van der Waals surface area contributed by atoms with Crippen molar-refractivity contribution in [2.45, 2.75) is 51.9 Å². The van der Waals surface area contributed by atoms with E-state index in [-0.39, 0.29) is 11.0 Å². The zero-order chi connectivity index (χ0) is 14.3. The van der Waals surface area contributed by atoms with Gasteiger partial charge in [-0.15, -0.1) is 11.6 Å². The van der Waals surface area contributed by atoms with E-state index in [9.17, 15) is 9.59 Å². The fourth-order valence-corrected chi connectivity index (χ4v) is 2.33. The van der Waals surface area contributed by atoms with Gasteiger partial charge in [0.25, 0.3) is 0 Å². The fourth-order valence-electron chi connectivity index (χ4n) is 1.48. The van der Waals surface area contributed by atoms with Gasteiger partial charge in [0.1, 0.15) is 0 Å². The van der Waals surface area contributed by atoms with Crippen LogP contribution in [-0.2, 0) is 9.59 Å². The Morgan fingerprint density at radius 3 is 2.53 bits per heavy atom. The second-order valence-electron chi connectivity index (χ2n) is 4.29. The zero-order valence-electron chi connectivity index (χ0n) is 11.6. The van der Waals surface area contributed by atoms with Crippen molar-refractivity contribution < 1.29 is 9.59 Å². The molecule has 0 rings (SSSR count). The third-order valence-electron chi connectivity index (χ3n) is 2.55. The van der Waals surface area contributed by atoms with E-state index in [0.29, 0.717) is 18.8 Å². The number of rotatable bonds is 11. The molecule has 0 aliphatic heterocycles. The molecular formula is C14H24ClNO2S. The highest BCUT2D eigenvalue weighted by Gasteiger charge is 1.99. The van der Waals surface area contributed by atoms with Crippen molar-refractivity contribution in [3.8, 4) is 0 Å². The molecule has 0 aliphatic carbocycles. The van der Waals surface area contributed by atoms with Gasteiger partial charge in [0, 0.05) is 24.9 Å². The minimum atomic E-state index is -0.139. The molecule has 0 aromatic rings. The Bertz CT molecular complexity index is 283. The second-order valence-corrected chi connectivity index (χ2v) is 5.63. The summed E-state index contributed by atoms with van der Waals surface area (Å²) in [5.74, 6) is 0.184. The lowest BCUT2D eigenvalue weighted by Crippen LogP contribution is -2.21. The number of nitrogens with one attached hydrogen (secondary N) is 1. The SMILES string of the molecule is CCCCCCCCNC(=O)C=CSC(=O)CCCl. The Morgan fingerprint density at radius 1 is 1.16 bits per heavy atom. The van der Waals surface area contributed by atoms with E-state index in [1.807, 2.05) is 0 Å². The molecule has 0 aliphatic rings. The van der Waals surface area contributed by atoms with Gasteiger partial charge in [0.05, 0.1) is 0 Å².